The predicted molar refractivity (Wildman–Crippen MR) is 83.5 cm³/mol. The largest absolute Gasteiger partial charge is 0.623 e. The first-order chi connectivity index (χ1) is 9.50. The normalized spacial score (nSPS) is 11.7. The van der Waals surface area contributed by atoms with Crippen molar-refractivity contribution in [1.29, 1.82) is 0 Å². The smallest absolute Gasteiger partial charge is 0.428 e. The molecule has 0 atom stereocenters. The van der Waals surface area contributed by atoms with Crippen LogP contribution in [0.2, 0.25) is 13.1 Å². The van der Waals surface area contributed by atoms with Crippen LogP contribution in [0.25, 0.3) is 0 Å². The number of benzene rings is 2. The Morgan fingerprint density at radius 1 is 0.850 bits per heavy atom. The fourth-order valence-electron chi connectivity index (χ4n) is 2.63. The van der Waals surface area contributed by atoms with Gasteiger partial charge in [-0.3, -0.25) is 0 Å². The van der Waals surface area contributed by atoms with Gasteiger partial charge in [-0.15, -0.1) is 0 Å². The molecule has 0 amide bonds. The van der Waals surface area contributed by atoms with Gasteiger partial charge in [-0.2, -0.15) is 0 Å². The van der Waals surface area contributed by atoms with Crippen molar-refractivity contribution in [2.75, 3.05) is 0 Å². The summed E-state index contributed by atoms with van der Waals surface area (Å²) in [6, 6.07) is 20.1. The lowest BCUT2D eigenvalue weighted by atomic mass is 10.0. The minimum absolute atomic E-state index is 0.0479. The molecular formula is C15H19BO3Si. The van der Waals surface area contributed by atoms with Crippen LogP contribution < -0.4 is 0 Å². The van der Waals surface area contributed by atoms with Crippen LogP contribution in [0.3, 0.4) is 0 Å². The zero-order valence-electron chi connectivity index (χ0n) is 11.7. The lowest BCUT2D eigenvalue weighted by molar-refractivity contribution is 0.282. The lowest BCUT2D eigenvalue weighted by Gasteiger charge is -2.33. The summed E-state index contributed by atoms with van der Waals surface area (Å²) in [4.78, 5) is 0. The van der Waals surface area contributed by atoms with Gasteiger partial charge in [0.05, 0.1) is 0 Å². The van der Waals surface area contributed by atoms with E-state index in [0.29, 0.717) is 0 Å². The van der Waals surface area contributed by atoms with E-state index in [1.54, 1.807) is 0 Å². The molecular weight excluding hydrogens is 267 g/mol. The molecule has 2 aromatic rings. The molecule has 5 heteroatoms. The van der Waals surface area contributed by atoms with Gasteiger partial charge in [-0.25, -0.2) is 0 Å². The third-order valence-electron chi connectivity index (χ3n) is 3.37. The van der Waals surface area contributed by atoms with E-state index in [2.05, 4.69) is 24.3 Å². The van der Waals surface area contributed by atoms with Crippen LogP contribution in [0.1, 0.15) is 16.7 Å². The van der Waals surface area contributed by atoms with Crippen LogP contribution in [-0.4, -0.2) is 25.7 Å². The maximum absolute atomic E-state index is 9.20. The van der Waals surface area contributed by atoms with E-state index in [9.17, 15) is 10.0 Å². The molecule has 3 nitrogen and oxygen atoms in total. The Morgan fingerprint density at radius 2 is 1.25 bits per heavy atom. The van der Waals surface area contributed by atoms with Crippen LogP contribution in [-0.2, 0) is 4.34 Å². The molecule has 20 heavy (non-hydrogen) atoms. The third-order valence-corrected chi connectivity index (χ3v) is 6.25. The van der Waals surface area contributed by atoms with Gasteiger partial charge in [0, 0.05) is 5.54 Å². The summed E-state index contributed by atoms with van der Waals surface area (Å²) in [6.07, 6.45) is 0. The summed E-state index contributed by atoms with van der Waals surface area (Å²) in [5.74, 6) is 0. The summed E-state index contributed by atoms with van der Waals surface area (Å²) in [6.45, 7) is 3.99. The van der Waals surface area contributed by atoms with Gasteiger partial charge in [-0.05, 0) is 24.2 Å². The topological polar surface area (TPSA) is 49.7 Å². The van der Waals surface area contributed by atoms with E-state index >= 15 is 0 Å². The highest BCUT2D eigenvalue weighted by Gasteiger charge is 2.38. The van der Waals surface area contributed by atoms with Gasteiger partial charge < -0.3 is 14.4 Å². The van der Waals surface area contributed by atoms with Crippen molar-refractivity contribution in [3.05, 3.63) is 71.8 Å². The van der Waals surface area contributed by atoms with Gasteiger partial charge in [0.2, 0.25) is 0 Å². The van der Waals surface area contributed by atoms with Crippen molar-refractivity contribution in [2.45, 2.75) is 18.6 Å². The van der Waals surface area contributed by atoms with E-state index in [0.717, 1.165) is 11.1 Å². The second-order valence-electron chi connectivity index (χ2n) is 5.30. The average molecular weight is 286 g/mol. The lowest BCUT2D eigenvalue weighted by Crippen LogP contribution is -2.44. The van der Waals surface area contributed by atoms with Crippen molar-refractivity contribution in [3.8, 4) is 0 Å². The highest BCUT2D eigenvalue weighted by Crippen LogP contribution is 2.34. The second kappa shape index (κ2) is 6.37. The molecule has 0 fully saturated rings. The van der Waals surface area contributed by atoms with E-state index in [1.165, 1.54) is 0 Å². The Labute approximate surface area is 121 Å². The highest BCUT2D eigenvalue weighted by molar-refractivity contribution is 6.77. The zero-order chi connectivity index (χ0) is 14.6. The summed E-state index contributed by atoms with van der Waals surface area (Å²) in [5, 5.41) is 18.4. The molecule has 0 bridgehead atoms. The molecule has 0 aliphatic carbocycles. The quantitative estimate of drug-likeness (QED) is 0.830. The van der Waals surface area contributed by atoms with Crippen molar-refractivity contribution in [3.63, 3.8) is 0 Å². The average Bonchev–Trinajstić information content (AvgIpc) is 2.39. The molecule has 104 valence electrons. The first-order valence-corrected chi connectivity index (χ1v) is 9.63. The monoisotopic (exact) mass is 286 g/mol. The molecule has 2 N–H and O–H groups in total. The van der Waals surface area contributed by atoms with Gasteiger partial charge in [-0.1, -0.05) is 60.7 Å². The van der Waals surface area contributed by atoms with Gasteiger partial charge in [0.1, 0.15) is 0 Å². The molecule has 2 aromatic carbocycles. The molecule has 2 rings (SSSR count). The number of hydrogen-bond donors (Lipinski definition) is 2. The predicted octanol–water partition coefficient (Wildman–Crippen LogP) is 2.55. The molecule has 0 aliphatic heterocycles. The molecule has 0 aliphatic rings. The standard InChI is InChI=1S/C15H19BO3Si/c1-20(2,19-16(17)18)15(13-9-5-3-6-10-13)14-11-7-4-8-12-14/h3-12,15,17-18H,1-2H3. The van der Waals surface area contributed by atoms with Gasteiger partial charge >= 0.3 is 7.32 Å². The fourth-order valence-corrected chi connectivity index (χ4v) is 5.30. The Bertz CT molecular complexity index is 492. The fraction of sp³-hybridized carbons (Fsp3) is 0.200. The van der Waals surface area contributed by atoms with E-state index < -0.39 is 15.6 Å². The van der Waals surface area contributed by atoms with Crippen LogP contribution in [0.5, 0.6) is 0 Å². The van der Waals surface area contributed by atoms with Crippen molar-refractivity contribution >= 4 is 15.6 Å². The molecule has 0 heterocycles. The Hall–Kier alpha value is -1.40. The maximum atomic E-state index is 9.20. The second-order valence-corrected chi connectivity index (χ2v) is 9.32. The number of rotatable bonds is 5. The van der Waals surface area contributed by atoms with Crippen LogP contribution in [0, 0.1) is 0 Å². The minimum Gasteiger partial charge on any atom is -0.428 e. The van der Waals surface area contributed by atoms with Crippen LogP contribution >= 0.6 is 0 Å². The summed E-state index contributed by atoms with van der Waals surface area (Å²) >= 11 is 0. The molecule has 0 radical (unpaired) electrons. The van der Waals surface area contributed by atoms with Crippen molar-refractivity contribution in [1.82, 2.24) is 0 Å². The summed E-state index contributed by atoms with van der Waals surface area (Å²) in [7, 11) is -4.11. The highest BCUT2D eigenvalue weighted by atomic mass is 28.4. The summed E-state index contributed by atoms with van der Waals surface area (Å²) < 4.78 is 5.46. The van der Waals surface area contributed by atoms with Gasteiger partial charge in [0.25, 0.3) is 0 Å². The molecule has 0 saturated carbocycles. The van der Waals surface area contributed by atoms with Crippen molar-refractivity contribution < 1.29 is 14.4 Å². The van der Waals surface area contributed by atoms with E-state index in [4.69, 9.17) is 4.34 Å². The first kappa shape index (κ1) is 15.0. The Balaban J connectivity index is 2.45. The first-order valence-electron chi connectivity index (χ1n) is 6.64. The molecule has 0 saturated heterocycles. The van der Waals surface area contributed by atoms with E-state index in [-0.39, 0.29) is 5.54 Å². The maximum Gasteiger partial charge on any atom is 0.623 e. The summed E-state index contributed by atoms with van der Waals surface area (Å²) in [5.41, 5.74) is 2.32. The number of hydrogen-bond acceptors (Lipinski definition) is 3. The van der Waals surface area contributed by atoms with E-state index in [1.807, 2.05) is 49.5 Å². The molecule has 0 unspecified atom stereocenters. The SMILES string of the molecule is C[Si](C)(OB(O)O)C(c1ccccc1)c1ccccc1. The molecule has 0 spiro atoms. The Kier molecular flexibility index (Phi) is 4.78. The third kappa shape index (κ3) is 3.58. The molecule has 0 aromatic heterocycles. The van der Waals surface area contributed by atoms with Crippen LogP contribution in [0.4, 0.5) is 0 Å². The zero-order valence-corrected chi connectivity index (χ0v) is 12.7. The van der Waals surface area contributed by atoms with Crippen molar-refractivity contribution in [2.24, 2.45) is 0 Å². The van der Waals surface area contributed by atoms with Gasteiger partial charge in [0.15, 0.2) is 8.32 Å². The minimum atomic E-state index is -2.38. The van der Waals surface area contributed by atoms with Crippen LogP contribution in [0.15, 0.2) is 60.7 Å². The Morgan fingerprint density at radius 3 is 1.60 bits per heavy atom.